The van der Waals surface area contributed by atoms with E-state index in [-0.39, 0.29) is 12.5 Å². The molecule has 1 aromatic carbocycles. The van der Waals surface area contributed by atoms with Crippen LogP contribution in [-0.4, -0.2) is 31.4 Å². The van der Waals surface area contributed by atoms with Crippen molar-refractivity contribution in [1.82, 2.24) is 5.32 Å². The van der Waals surface area contributed by atoms with Crippen LogP contribution < -0.4 is 10.6 Å². The number of nitrogens with one attached hydrogen (secondary N) is 2. The number of ether oxygens (including phenoxy) is 1. The highest BCUT2D eigenvalue weighted by atomic mass is 32.1. The SMILES string of the molecule is COC(=O)c1ccc(C(=O)NCC(=O)Nc2c(C)cccc2C)s1. The smallest absolute Gasteiger partial charge is 0.348 e. The lowest BCUT2D eigenvalue weighted by Crippen LogP contribution is -2.32. The van der Waals surface area contributed by atoms with Crippen LogP contribution in [0.15, 0.2) is 30.3 Å². The Morgan fingerprint density at radius 3 is 2.29 bits per heavy atom. The van der Waals surface area contributed by atoms with Crippen molar-refractivity contribution in [2.24, 2.45) is 0 Å². The van der Waals surface area contributed by atoms with Gasteiger partial charge in [0.2, 0.25) is 5.91 Å². The Labute approximate surface area is 143 Å². The van der Waals surface area contributed by atoms with Crippen molar-refractivity contribution in [3.05, 3.63) is 51.2 Å². The van der Waals surface area contributed by atoms with Crippen molar-refractivity contribution < 1.29 is 19.1 Å². The van der Waals surface area contributed by atoms with Gasteiger partial charge in [0.15, 0.2) is 0 Å². The number of rotatable bonds is 5. The number of amides is 2. The van der Waals surface area contributed by atoms with Gasteiger partial charge in [-0.3, -0.25) is 9.59 Å². The molecule has 0 unspecified atom stereocenters. The summed E-state index contributed by atoms with van der Waals surface area (Å²) in [7, 11) is 1.28. The molecule has 0 spiro atoms. The monoisotopic (exact) mass is 346 g/mol. The lowest BCUT2D eigenvalue weighted by molar-refractivity contribution is -0.115. The minimum atomic E-state index is -0.494. The summed E-state index contributed by atoms with van der Waals surface area (Å²) in [4.78, 5) is 36.1. The van der Waals surface area contributed by atoms with E-state index in [9.17, 15) is 14.4 Å². The van der Waals surface area contributed by atoms with Crippen molar-refractivity contribution in [3.8, 4) is 0 Å². The number of anilines is 1. The highest BCUT2D eigenvalue weighted by Gasteiger charge is 2.15. The zero-order chi connectivity index (χ0) is 17.7. The van der Waals surface area contributed by atoms with Crippen LogP contribution in [0.4, 0.5) is 5.69 Å². The molecule has 24 heavy (non-hydrogen) atoms. The molecule has 2 amide bonds. The van der Waals surface area contributed by atoms with Gasteiger partial charge in [0.25, 0.3) is 5.91 Å². The van der Waals surface area contributed by atoms with E-state index in [2.05, 4.69) is 15.4 Å². The molecule has 0 aliphatic heterocycles. The zero-order valence-corrected chi connectivity index (χ0v) is 14.5. The lowest BCUT2D eigenvalue weighted by Gasteiger charge is -2.11. The molecule has 0 atom stereocenters. The van der Waals surface area contributed by atoms with E-state index in [1.807, 2.05) is 32.0 Å². The van der Waals surface area contributed by atoms with E-state index < -0.39 is 11.9 Å². The normalized spacial score (nSPS) is 10.1. The minimum Gasteiger partial charge on any atom is -0.465 e. The topological polar surface area (TPSA) is 84.5 Å². The number of carbonyl (C=O) groups is 3. The van der Waals surface area contributed by atoms with Crippen molar-refractivity contribution in [3.63, 3.8) is 0 Å². The molecular weight excluding hydrogens is 328 g/mol. The highest BCUT2D eigenvalue weighted by Crippen LogP contribution is 2.19. The number of hydrogen-bond donors (Lipinski definition) is 2. The zero-order valence-electron chi connectivity index (χ0n) is 13.6. The molecule has 1 heterocycles. The number of methoxy groups -OCH3 is 1. The average Bonchev–Trinajstić information content (AvgIpc) is 3.05. The maximum atomic E-state index is 12.0. The summed E-state index contributed by atoms with van der Waals surface area (Å²) < 4.78 is 4.59. The number of benzene rings is 1. The first-order chi connectivity index (χ1) is 11.4. The largest absolute Gasteiger partial charge is 0.465 e. The molecule has 0 aliphatic carbocycles. The second-order valence-electron chi connectivity index (χ2n) is 5.15. The third kappa shape index (κ3) is 4.20. The second-order valence-corrected chi connectivity index (χ2v) is 6.24. The number of esters is 1. The van der Waals surface area contributed by atoms with Crippen LogP contribution in [0.1, 0.15) is 30.5 Å². The number of aryl methyl sites for hydroxylation is 2. The van der Waals surface area contributed by atoms with E-state index >= 15 is 0 Å². The molecule has 0 radical (unpaired) electrons. The minimum absolute atomic E-state index is 0.155. The highest BCUT2D eigenvalue weighted by molar-refractivity contribution is 7.15. The maximum Gasteiger partial charge on any atom is 0.348 e. The second kappa shape index (κ2) is 7.74. The fourth-order valence-electron chi connectivity index (χ4n) is 2.11. The molecule has 6 nitrogen and oxygen atoms in total. The van der Waals surface area contributed by atoms with Crippen LogP contribution >= 0.6 is 11.3 Å². The van der Waals surface area contributed by atoms with Gasteiger partial charge in [-0.1, -0.05) is 18.2 Å². The average molecular weight is 346 g/mol. The maximum absolute atomic E-state index is 12.0. The van der Waals surface area contributed by atoms with Gasteiger partial charge in [0.05, 0.1) is 18.5 Å². The summed E-state index contributed by atoms with van der Waals surface area (Å²) in [6.45, 7) is 3.65. The van der Waals surface area contributed by atoms with Gasteiger partial charge < -0.3 is 15.4 Å². The van der Waals surface area contributed by atoms with Gasteiger partial charge in [-0.05, 0) is 37.1 Å². The van der Waals surface area contributed by atoms with Gasteiger partial charge in [-0.25, -0.2) is 4.79 Å². The molecule has 0 saturated heterocycles. The third-order valence-electron chi connectivity index (χ3n) is 3.37. The summed E-state index contributed by atoms with van der Waals surface area (Å²) in [5.41, 5.74) is 2.66. The lowest BCUT2D eigenvalue weighted by atomic mass is 10.1. The molecule has 0 saturated carbocycles. The van der Waals surface area contributed by atoms with E-state index in [0.717, 1.165) is 28.2 Å². The Hall–Kier alpha value is -2.67. The fourth-order valence-corrected chi connectivity index (χ4v) is 2.95. The van der Waals surface area contributed by atoms with E-state index in [1.54, 1.807) is 0 Å². The number of carbonyl (C=O) groups excluding carboxylic acids is 3. The predicted molar refractivity (Wildman–Crippen MR) is 92.5 cm³/mol. The Balaban J connectivity index is 1.93. The van der Waals surface area contributed by atoms with E-state index in [1.165, 1.54) is 19.2 Å². The molecule has 7 heteroatoms. The van der Waals surface area contributed by atoms with Gasteiger partial charge in [-0.2, -0.15) is 0 Å². The van der Waals surface area contributed by atoms with Gasteiger partial charge >= 0.3 is 5.97 Å². The predicted octanol–water partition coefficient (Wildman–Crippen LogP) is 2.52. The summed E-state index contributed by atoms with van der Waals surface area (Å²) in [5.74, 6) is -1.22. The number of para-hydroxylation sites is 1. The van der Waals surface area contributed by atoms with Crippen LogP contribution in [-0.2, 0) is 9.53 Å². The molecule has 126 valence electrons. The molecular formula is C17H18N2O4S. The quantitative estimate of drug-likeness (QED) is 0.815. The van der Waals surface area contributed by atoms with Crippen LogP contribution in [0.25, 0.3) is 0 Å². The Kier molecular flexibility index (Phi) is 5.70. The standard InChI is InChI=1S/C17H18N2O4S/c1-10-5-4-6-11(2)15(10)19-14(20)9-18-16(21)12-7-8-13(24-12)17(22)23-3/h4-8H,9H2,1-3H3,(H,18,21)(H,19,20). The molecule has 2 N–H and O–H groups in total. The van der Waals surface area contributed by atoms with Crippen LogP contribution in [0.5, 0.6) is 0 Å². The number of thiophene rings is 1. The van der Waals surface area contributed by atoms with Crippen LogP contribution in [0.3, 0.4) is 0 Å². The van der Waals surface area contributed by atoms with Crippen molar-refractivity contribution in [1.29, 1.82) is 0 Å². The molecule has 2 aromatic rings. The summed E-state index contributed by atoms with van der Waals surface area (Å²) in [5, 5.41) is 5.33. The first-order valence-electron chi connectivity index (χ1n) is 7.24. The fraction of sp³-hybridized carbons (Fsp3) is 0.235. The van der Waals surface area contributed by atoms with Crippen LogP contribution in [0.2, 0.25) is 0 Å². The Morgan fingerprint density at radius 1 is 1.04 bits per heavy atom. The first-order valence-corrected chi connectivity index (χ1v) is 8.06. The van der Waals surface area contributed by atoms with Gasteiger partial charge in [0.1, 0.15) is 4.88 Å². The van der Waals surface area contributed by atoms with Gasteiger partial charge in [0, 0.05) is 5.69 Å². The summed E-state index contributed by atoms with van der Waals surface area (Å²) in [6, 6.07) is 8.76. The van der Waals surface area contributed by atoms with E-state index in [0.29, 0.717) is 9.75 Å². The third-order valence-corrected chi connectivity index (χ3v) is 4.44. The van der Waals surface area contributed by atoms with Crippen molar-refractivity contribution in [2.45, 2.75) is 13.8 Å². The van der Waals surface area contributed by atoms with Crippen LogP contribution in [0, 0.1) is 13.8 Å². The molecule has 0 aliphatic rings. The molecule has 0 bridgehead atoms. The summed E-state index contributed by atoms with van der Waals surface area (Å²) >= 11 is 1.02. The molecule has 2 rings (SSSR count). The van der Waals surface area contributed by atoms with Gasteiger partial charge in [-0.15, -0.1) is 11.3 Å². The Bertz CT molecular complexity index is 762. The first kappa shape index (κ1) is 17.7. The molecule has 1 aromatic heterocycles. The van der Waals surface area contributed by atoms with Crippen molar-refractivity contribution in [2.75, 3.05) is 19.0 Å². The molecule has 0 fully saturated rings. The number of hydrogen-bond acceptors (Lipinski definition) is 5. The Morgan fingerprint density at radius 2 is 1.67 bits per heavy atom. The van der Waals surface area contributed by atoms with E-state index in [4.69, 9.17) is 0 Å². The summed E-state index contributed by atoms with van der Waals surface area (Å²) in [6.07, 6.45) is 0. The van der Waals surface area contributed by atoms with Crippen molar-refractivity contribution >= 4 is 34.8 Å².